The minimum atomic E-state index is -0.138. The molecule has 9 nitrogen and oxygen atoms in total. The second kappa shape index (κ2) is 9.80. The third kappa shape index (κ3) is 5.53. The maximum atomic E-state index is 11.6. The third-order valence-corrected chi connectivity index (χ3v) is 5.91. The first-order valence-corrected chi connectivity index (χ1v) is 11.0. The van der Waals surface area contributed by atoms with Gasteiger partial charge in [0.15, 0.2) is 5.13 Å². The number of methoxy groups -OCH3 is 1. The molecule has 0 saturated heterocycles. The third-order valence-electron chi connectivity index (χ3n) is 5.01. The van der Waals surface area contributed by atoms with Gasteiger partial charge in [-0.3, -0.25) is 4.79 Å². The Hall–Kier alpha value is -3.11. The molecule has 0 radical (unpaired) electrons. The smallest absolute Gasteiger partial charge is 0.243 e. The quantitative estimate of drug-likeness (QED) is 0.458. The molecule has 1 fully saturated rings. The molecule has 31 heavy (non-hydrogen) atoms. The zero-order valence-corrected chi connectivity index (χ0v) is 18.1. The first kappa shape index (κ1) is 21.1. The van der Waals surface area contributed by atoms with E-state index in [1.54, 1.807) is 13.3 Å². The number of anilines is 3. The molecule has 3 heterocycles. The van der Waals surface area contributed by atoms with E-state index in [-0.39, 0.29) is 18.0 Å². The molecule has 1 saturated carbocycles. The highest BCUT2D eigenvalue weighted by atomic mass is 32.1. The van der Waals surface area contributed by atoms with Gasteiger partial charge in [-0.25, -0.2) is 15.0 Å². The highest BCUT2D eigenvalue weighted by Gasteiger charge is 2.23. The van der Waals surface area contributed by atoms with E-state index in [1.165, 1.54) is 17.4 Å². The van der Waals surface area contributed by atoms with Crippen LogP contribution < -0.4 is 16.0 Å². The Morgan fingerprint density at radius 3 is 3.00 bits per heavy atom. The molecule has 0 spiro atoms. The molecule has 3 aromatic rings. The maximum absolute atomic E-state index is 11.6. The fourth-order valence-corrected chi connectivity index (χ4v) is 4.49. The second-order valence-corrected chi connectivity index (χ2v) is 8.37. The van der Waals surface area contributed by atoms with Crippen molar-refractivity contribution in [2.24, 2.45) is 0 Å². The van der Waals surface area contributed by atoms with Crippen molar-refractivity contribution >= 4 is 44.5 Å². The van der Waals surface area contributed by atoms with E-state index in [1.807, 2.05) is 18.2 Å². The normalized spacial score (nSPS) is 18.5. The number of thiazole rings is 1. The number of hydrogen-bond donors (Lipinski definition) is 3. The molecule has 0 aromatic carbocycles. The lowest BCUT2D eigenvalue weighted by molar-refractivity contribution is -0.117. The van der Waals surface area contributed by atoms with Gasteiger partial charge in [-0.05, 0) is 43.9 Å². The number of carbonyl (C=O) groups is 1. The number of fused-ring (bicyclic) bond motifs is 1. The summed E-state index contributed by atoms with van der Waals surface area (Å²) in [5.41, 5.74) is 1.60. The maximum Gasteiger partial charge on any atom is 0.243 e. The number of rotatable bonds is 8. The van der Waals surface area contributed by atoms with E-state index in [4.69, 9.17) is 4.74 Å². The molecule has 0 aliphatic heterocycles. The van der Waals surface area contributed by atoms with Gasteiger partial charge in [0.05, 0.1) is 12.3 Å². The molecular weight excluding hydrogens is 414 g/mol. The van der Waals surface area contributed by atoms with E-state index >= 15 is 0 Å². The van der Waals surface area contributed by atoms with Gasteiger partial charge in [0.2, 0.25) is 11.9 Å². The molecule has 1 aliphatic rings. The summed E-state index contributed by atoms with van der Waals surface area (Å²) in [6, 6.07) is 5.93. The van der Waals surface area contributed by atoms with Crippen molar-refractivity contribution in [3.05, 3.63) is 42.7 Å². The van der Waals surface area contributed by atoms with Crippen LogP contribution in [0, 0.1) is 0 Å². The number of ether oxygens (including phenoxy) is 1. The van der Waals surface area contributed by atoms with Crippen molar-refractivity contribution in [1.29, 1.82) is 0 Å². The second-order valence-electron chi connectivity index (χ2n) is 7.39. The van der Waals surface area contributed by atoms with Gasteiger partial charge < -0.3 is 20.7 Å². The lowest BCUT2D eigenvalue weighted by atomic mass is 9.91. The van der Waals surface area contributed by atoms with Crippen LogP contribution in [0.5, 0.6) is 0 Å². The summed E-state index contributed by atoms with van der Waals surface area (Å²) in [5.74, 6) is 1.02. The summed E-state index contributed by atoms with van der Waals surface area (Å²) in [5, 5.41) is 10.4. The first-order valence-electron chi connectivity index (χ1n) is 10.2. The lowest BCUT2D eigenvalue weighted by Gasteiger charge is -2.30. The van der Waals surface area contributed by atoms with Crippen molar-refractivity contribution in [2.45, 2.75) is 44.4 Å². The molecule has 2 unspecified atom stereocenters. The Bertz CT molecular complexity index is 1040. The summed E-state index contributed by atoms with van der Waals surface area (Å²) >= 11 is 1.47. The number of hydrogen-bond acceptors (Lipinski definition) is 9. The monoisotopic (exact) mass is 439 g/mol. The minimum Gasteiger partial charge on any atom is -0.378 e. The number of carbonyl (C=O) groups excluding carboxylic acids is 1. The topological polar surface area (TPSA) is 114 Å². The fraction of sp³-hybridized carbons (Fsp3) is 0.381. The number of pyridine rings is 1. The predicted octanol–water partition coefficient (Wildman–Crippen LogP) is 3.40. The highest BCUT2D eigenvalue weighted by molar-refractivity contribution is 7.21. The largest absolute Gasteiger partial charge is 0.378 e. The van der Waals surface area contributed by atoms with Crippen LogP contribution in [0.3, 0.4) is 0 Å². The summed E-state index contributed by atoms with van der Waals surface area (Å²) in [7, 11) is 1.63. The van der Waals surface area contributed by atoms with Crippen LogP contribution in [-0.2, 0) is 16.1 Å². The lowest BCUT2D eigenvalue weighted by Crippen LogP contribution is -2.41. The SMILES string of the molecule is C=CC(=O)NC1CCCC(Nc2nc(COC)cc(Nc3nc4cccnc4s3)n2)C1. The molecular formula is C21H25N7O2S. The van der Waals surface area contributed by atoms with E-state index in [0.717, 1.165) is 41.7 Å². The summed E-state index contributed by atoms with van der Waals surface area (Å²) < 4.78 is 5.27. The van der Waals surface area contributed by atoms with Gasteiger partial charge in [0.25, 0.3) is 0 Å². The number of nitrogens with one attached hydrogen (secondary N) is 3. The van der Waals surface area contributed by atoms with Gasteiger partial charge in [0, 0.05) is 31.5 Å². The van der Waals surface area contributed by atoms with Crippen LogP contribution in [-0.4, -0.2) is 45.0 Å². The minimum absolute atomic E-state index is 0.117. The van der Waals surface area contributed by atoms with Crippen LogP contribution in [0.25, 0.3) is 10.3 Å². The fourth-order valence-electron chi connectivity index (χ4n) is 3.68. The van der Waals surface area contributed by atoms with Crippen LogP contribution in [0.4, 0.5) is 16.9 Å². The van der Waals surface area contributed by atoms with Crippen molar-refractivity contribution in [2.75, 3.05) is 17.7 Å². The highest BCUT2D eigenvalue weighted by Crippen LogP contribution is 2.27. The average molecular weight is 440 g/mol. The molecule has 162 valence electrons. The van der Waals surface area contributed by atoms with Gasteiger partial charge in [-0.2, -0.15) is 4.98 Å². The van der Waals surface area contributed by atoms with Crippen molar-refractivity contribution in [3.63, 3.8) is 0 Å². The molecule has 3 N–H and O–H groups in total. The van der Waals surface area contributed by atoms with Crippen LogP contribution >= 0.6 is 11.3 Å². The number of amides is 1. The first-order chi connectivity index (χ1) is 15.1. The Labute approximate surface area is 184 Å². The zero-order valence-electron chi connectivity index (χ0n) is 17.3. The van der Waals surface area contributed by atoms with E-state index in [2.05, 4.69) is 42.5 Å². The molecule has 1 aliphatic carbocycles. The van der Waals surface area contributed by atoms with Crippen LogP contribution in [0.1, 0.15) is 31.4 Å². The van der Waals surface area contributed by atoms with Gasteiger partial charge in [-0.15, -0.1) is 0 Å². The molecule has 10 heteroatoms. The summed E-state index contributed by atoms with van der Waals surface area (Å²) in [4.78, 5) is 30.6. The molecule has 2 atom stereocenters. The Morgan fingerprint density at radius 1 is 1.32 bits per heavy atom. The van der Waals surface area contributed by atoms with Gasteiger partial charge in [-0.1, -0.05) is 17.9 Å². The predicted molar refractivity (Wildman–Crippen MR) is 121 cm³/mol. The Morgan fingerprint density at radius 2 is 2.19 bits per heavy atom. The Balaban J connectivity index is 1.50. The molecule has 0 bridgehead atoms. The van der Waals surface area contributed by atoms with E-state index < -0.39 is 0 Å². The van der Waals surface area contributed by atoms with Crippen LogP contribution in [0.15, 0.2) is 37.1 Å². The molecule has 4 rings (SSSR count). The zero-order chi connectivity index (χ0) is 21.6. The molecule has 1 amide bonds. The van der Waals surface area contributed by atoms with Crippen molar-refractivity contribution in [1.82, 2.24) is 25.3 Å². The van der Waals surface area contributed by atoms with Gasteiger partial charge in [0.1, 0.15) is 16.2 Å². The summed E-state index contributed by atoms with van der Waals surface area (Å²) in [6.07, 6.45) is 6.84. The number of aromatic nitrogens is 4. The van der Waals surface area contributed by atoms with Crippen molar-refractivity contribution in [3.8, 4) is 0 Å². The summed E-state index contributed by atoms with van der Waals surface area (Å²) in [6.45, 7) is 3.89. The van der Waals surface area contributed by atoms with E-state index in [9.17, 15) is 4.79 Å². The standard InChI is InChI=1S/C21H25N7O2S/c1-3-18(29)23-13-6-4-7-14(10-13)24-20-25-15(12-30-2)11-17(27-20)28-21-26-16-8-5-9-22-19(16)31-21/h3,5,8-9,11,13-14H,1,4,6-7,10,12H2,2H3,(H,23,29)(H2,24,25,26,27,28). The number of nitrogens with zero attached hydrogens (tertiary/aromatic N) is 4. The average Bonchev–Trinajstić information content (AvgIpc) is 3.16. The van der Waals surface area contributed by atoms with Gasteiger partial charge >= 0.3 is 0 Å². The molecule has 3 aromatic heterocycles. The van der Waals surface area contributed by atoms with E-state index in [0.29, 0.717) is 23.5 Å². The van der Waals surface area contributed by atoms with Crippen molar-refractivity contribution < 1.29 is 9.53 Å². The Kier molecular flexibility index (Phi) is 6.68. The van der Waals surface area contributed by atoms with Crippen LogP contribution in [0.2, 0.25) is 0 Å².